The molecule has 1 fully saturated rings. The van der Waals surface area contributed by atoms with E-state index in [0.717, 1.165) is 12.5 Å². The number of fused-ring (bicyclic) bond motifs is 1. The zero-order valence-electron chi connectivity index (χ0n) is 20.6. The van der Waals surface area contributed by atoms with Gasteiger partial charge in [-0.3, -0.25) is 12.9 Å². The number of nitrogens with two attached hydrogens (primary N) is 1. The van der Waals surface area contributed by atoms with Crippen LogP contribution in [0.15, 0.2) is 30.6 Å². The molecule has 3 atom stereocenters. The van der Waals surface area contributed by atoms with Crippen LogP contribution in [0.3, 0.4) is 0 Å². The van der Waals surface area contributed by atoms with Gasteiger partial charge in [-0.25, -0.2) is 4.98 Å². The third kappa shape index (κ3) is 6.96. The molecule has 0 bridgehead atoms. The Labute approximate surface area is 234 Å². The molecule has 0 radical (unpaired) electrons. The zero-order valence-corrected chi connectivity index (χ0v) is 23.7. The van der Waals surface area contributed by atoms with Crippen molar-refractivity contribution >= 4 is 60.6 Å². The summed E-state index contributed by atoms with van der Waals surface area (Å²) in [4.78, 5) is 12.2. The standard InChI is InChI=1S/C21H25Cl2N5O9S2/c1-38(30,31)35-9-21(10-36-39(2,32)33)16(34-8-12-3-5-13(22)6-4-12)14(7-29)19(37-21)28-11-25-15-17(23)26-20(24)27-18(15)28/h3-6,11,14,16,19,29H,7-10H2,1-2H3,(H2,24,26,27)/t14-,16+,19-/m1/s1. The van der Waals surface area contributed by atoms with Crippen LogP contribution in [0.25, 0.3) is 11.2 Å². The minimum atomic E-state index is -4.03. The average Bonchev–Trinajstić information content (AvgIpc) is 3.39. The maximum atomic E-state index is 12.0. The van der Waals surface area contributed by atoms with E-state index in [2.05, 4.69) is 15.0 Å². The molecule has 1 saturated heterocycles. The molecule has 0 saturated carbocycles. The van der Waals surface area contributed by atoms with Crippen molar-refractivity contribution in [2.24, 2.45) is 5.92 Å². The van der Waals surface area contributed by atoms with Gasteiger partial charge in [-0.15, -0.1) is 0 Å². The van der Waals surface area contributed by atoms with Crippen LogP contribution in [-0.2, 0) is 44.7 Å². The first-order valence-corrected chi connectivity index (χ1v) is 15.6. The van der Waals surface area contributed by atoms with Gasteiger partial charge in [0.05, 0.1) is 38.0 Å². The highest BCUT2D eigenvalue weighted by molar-refractivity contribution is 7.86. The van der Waals surface area contributed by atoms with Crippen LogP contribution in [0.1, 0.15) is 11.8 Å². The lowest BCUT2D eigenvalue weighted by Crippen LogP contribution is -2.52. The van der Waals surface area contributed by atoms with E-state index in [4.69, 9.17) is 46.8 Å². The monoisotopic (exact) mass is 625 g/mol. The first-order chi connectivity index (χ1) is 18.2. The van der Waals surface area contributed by atoms with Crippen LogP contribution in [0.2, 0.25) is 10.2 Å². The van der Waals surface area contributed by atoms with Crippen molar-refractivity contribution in [3.63, 3.8) is 0 Å². The van der Waals surface area contributed by atoms with E-state index in [1.54, 1.807) is 24.3 Å². The van der Waals surface area contributed by atoms with Crippen molar-refractivity contribution in [2.75, 3.05) is 38.1 Å². The molecule has 214 valence electrons. The van der Waals surface area contributed by atoms with Crippen molar-refractivity contribution < 1.29 is 39.8 Å². The van der Waals surface area contributed by atoms with E-state index in [1.807, 2.05) is 0 Å². The van der Waals surface area contributed by atoms with E-state index in [-0.39, 0.29) is 28.9 Å². The summed E-state index contributed by atoms with van der Waals surface area (Å²) in [6.45, 7) is -2.00. The maximum absolute atomic E-state index is 12.0. The van der Waals surface area contributed by atoms with E-state index < -0.39 is 63.9 Å². The number of ether oxygens (including phenoxy) is 2. The lowest BCUT2D eigenvalue weighted by molar-refractivity contribution is -0.153. The topological polar surface area (TPSA) is 195 Å². The van der Waals surface area contributed by atoms with Crippen molar-refractivity contribution in [3.8, 4) is 0 Å². The van der Waals surface area contributed by atoms with E-state index in [9.17, 15) is 21.9 Å². The molecule has 4 rings (SSSR count). The van der Waals surface area contributed by atoms with Gasteiger partial charge in [0.15, 0.2) is 10.8 Å². The Balaban J connectivity index is 1.81. The Bertz CT molecular complexity index is 1520. The van der Waals surface area contributed by atoms with Gasteiger partial charge in [0, 0.05) is 5.02 Å². The molecule has 0 spiro atoms. The number of hydrogen-bond acceptors (Lipinski definition) is 13. The quantitative estimate of drug-likeness (QED) is 0.227. The molecule has 3 N–H and O–H groups in total. The molecular formula is C21H25Cl2N5O9S2. The van der Waals surface area contributed by atoms with Gasteiger partial charge >= 0.3 is 0 Å². The molecular weight excluding hydrogens is 601 g/mol. The lowest BCUT2D eigenvalue weighted by Gasteiger charge is -2.33. The summed E-state index contributed by atoms with van der Waals surface area (Å²) in [7, 11) is -8.06. The van der Waals surface area contributed by atoms with E-state index in [0.29, 0.717) is 10.6 Å². The summed E-state index contributed by atoms with van der Waals surface area (Å²) in [6.07, 6.45) is 0.663. The van der Waals surface area contributed by atoms with Crippen LogP contribution in [0, 0.1) is 5.92 Å². The maximum Gasteiger partial charge on any atom is 0.264 e. The smallest absolute Gasteiger partial charge is 0.264 e. The van der Waals surface area contributed by atoms with E-state index in [1.165, 1.54) is 10.9 Å². The normalized spacial score (nSPS) is 21.5. The van der Waals surface area contributed by atoms with Gasteiger partial charge in [0.2, 0.25) is 5.95 Å². The largest absolute Gasteiger partial charge is 0.396 e. The Morgan fingerprint density at radius 3 is 2.26 bits per heavy atom. The molecule has 14 nitrogen and oxygen atoms in total. The average molecular weight is 626 g/mol. The van der Waals surface area contributed by atoms with Gasteiger partial charge in [-0.1, -0.05) is 35.3 Å². The number of nitrogens with zero attached hydrogens (tertiary/aromatic N) is 4. The Hall–Kier alpha value is -2.15. The SMILES string of the molecule is CS(=O)(=O)OCC1(COS(C)(=O)=O)O[C@@H](n2cnc3c(Cl)nc(N)nc32)[C@H](CO)[C@@H]1OCc1ccc(Cl)cc1. The van der Waals surface area contributed by atoms with Crippen molar-refractivity contribution in [2.45, 2.75) is 24.5 Å². The molecule has 0 amide bonds. The molecule has 1 aliphatic heterocycles. The fourth-order valence-corrected chi connectivity index (χ4v) is 5.37. The molecule has 39 heavy (non-hydrogen) atoms. The lowest BCUT2D eigenvalue weighted by atomic mass is 9.90. The van der Waals surface area contributed by atoms with Gasteiger partial charge in [-0.2, -0.15) is 26.8 Å². The van der Waals surface area contributed by atoms with Crippen LogP contribution >= 0.6 is 23.2 Å². The minimum Gasteiger partial charge on any atom is -0.396 e. The molecule has 18 heteroatoms. The van der Waals surface area contributed by atoms with Gasteiger partial charge in [-0.05, 0) is 17.7 Å². The number of aliphatic hydroxyl groups excluding tert-OH is 1. The fraction of sp³-hybridized carbons (Fsp3) is 0.476. The van der Waals surface area contributed by atoms with Gasteiger partial charge < -0.3 is 20.3 Å². The Morgan fingerprint density at radius 1 is 1.08 bits per heavy atom. The van der Waals surface area contributed by atoms with Crippen molar-refractivity contribution in [1.82, 2.24) is 19.5 Å². The first kappa shape index (κ1) is 29.8. The minimum absolute atomic E-state index is 0.0302. The van der Waals surface area contributed by atoms with Gasteiger partial charge in [0.1, 0.15) is 36.7 Å². The predicted molar refractivity (Wildman–Crippen MR) is 140 cm³/mol. The van der Waals surface area contributed by atoms with Crippen LogP contribution in [0.5, 0.6) is 0 Å². The molecule has 1 aliphatic rings. The molecule has 3 heterocycles. The summed E-state index contributed by atoms with van der Waals surface area (Å²) in [6, 6.07) is 6.71. The zero-order chi connectivity index (χ0) is 28.6. The summed E-state index contributed by atoms with van der Waals surface area (Å²) < 4.78 is 71.8. The number of aromatic nitrogens is 4. The summed E-state index contributed by atoms with van der Waals surface area (Å²) in [5, 5.41) is 11.0. The third-order valence-corrected chi connectivity index (χ3v) is 7.50. The first-order valence-electron chi connectivity index (χ1n) is 11.2. The predicted octanol–water partition coefficient (Wildman–Crippen LogP) is 1.13. The molecule has 0 unspecified atom stereocenters. The highest BCUT2D eigenvalue weighted by Crippen LogP contribution is 2.45. The fourth-order valence-electron chi connectivity index (χ4n) is 4.20. The molecule has 1 aromatic carbocycles. The number of rotatable bonds is 11. The van der Waals surface area contributed by atoms with Crippen molar-refractivity contribution in [3.05, 3.63) is 46.3 Å². The highest BCUT2D eigenvalue weighted by Gasteiger charge is 2.58. The second-order valence-corrected chi connectivity index (χ2v) is 13.0. The molecule has 2 aromatic heterocycles. The van der Waals surface area contributed by atoms with E-state index >= 15 is 0 Å². The number of anilines is 1. The highest BCUT2D eigenvalue weighted by atomic mass is 35.5. The molecule has 0 aliphatic carbocycles. The third-order valence-electron chi connectivity index (χ3n) is 5.89. The number of aliphatic hydroxyl groups is 1. The second-order valence-electron chi connectivity index (χ2n) is 8.91. The number of halogens is 2. The second kappa shape index (κ2) is 11.4. The number of benzene rings is 1. The van der Waals surface area contributed by atoms with Crippen LogP contribution < -0.4 is 5.73 Å². The van der Waals surface area contributed by atoms with Crippen molar-refractivity contribution in [1.29, 1.82) is 0 Å². The Morgan fingerprint density at radius 2 is 1.69 bits per heavy atom. The Kier molecular flexibility index (Phi) is 8.70. The summed E-state index contributed by atoms with van der Waals surface area (Å²) >= 11 is 12.1. The van der Waals surface area contributed by atoms with Gasteiger partial charge in [0.25, 0.3) is 20.2 Å². The number of imidazole rings is 1. The van der Waals surface area contributed by atoms with Crippen LogP contribution in [0.4, 0.5) is 5.95 Å². The summed E-state index contributed by atoms with van der Waals surface area (Å²) in [5.41, 5.74) is 4.93. The number of nitrogen functional groups attached to an aromatic ring is 1. The molecule has 3 aromatic rings. The van der Waals surface area contributed by atoms with Crippen LogP contribution in [-0.4, -0.2) is 85.5 Å². The summed E-state index contributed by atoms with van der Waals surface area (Å²) in [5.74, 6) is -1.09. The number of hydrogen-bond donors (Lipinski definition) is 2.